The molecule has 0 N–H and O–H groups in total. The van der Waals surface area contributed by atoms with Gasteiger partial charge >= 0.3 is 5.97 Å². The number of nitrogens with zero attached hydrogens (tertiary/aromatic N) is 1. The summed E-state index contributed by atoms with van der Waals surface area (Å²) in [4.78, 5) is 26.4. The number of hydrogen-bond donors (Lipinski definition) is 0. The first-order valence-corrected chi connectivity index (χ1v) is 9.76. The van der Waals surface area contributed by atoms with Crippen LogP contribution in [-0.4, -0.2) is 64.4 Å². The van der Waals surface area contributed by atoms with Crippen molar-refractivity contribution in [3.8, 4) is 0 Å². The number of methoxy groups -OCH3 is 1. The maximum Gasteiger partial charge on any atom is 0.316 e. The van der Waals surface area contributed by atoms with Crippen LogP contribution in [0.3, 0.4) is 0 Å². The van der Waals surface area contributed by atoms with Gasteiger partial charge in [0.2, 0.25) is 5.91 Å². The molecule has 0 radical (unpaired) electrons. The van der Waals surface area contributed by atoms with Crippen molar-refractivity contribution >= 4 is 34.1 Å². The van der Waals surface area contributed by atoms with Crippen LogP contribution in [0.15, 0.2) is 35.2 Å². The predicted molar refractivity (Wildman–Crippen MR) is 95.7 cm³/mol. The Labute approximate surface area is 159 Å². The van der Waals surface area contributed by atoms with E-state index >= 15 is 0 Å². The Morgan fingerprint density at radius 3 is 2.65 bits per heavy atom. The van der Waals surface area contributed by atoms with Crippen molar-refractivity contribution < 1.29 is 27.5 Å². The van der Waals surface area contributed by atoms with Gasteiger partial charge < -0.3 is 14.4 Å². The number of sulfone groups is 1. The summed E-state index contributed by atoms with van der Waals surface area (Å²) in [5, 5.41) is 0. The van der Waals surface area contributed by atoms with E-state index in [-0.39, 0.29) is 60.4 Å². The van der Waals surface area contributed by atoms with Gasteiger partial charge in [-0.2, -0.15) is 0 Å². The van der Waals surface area contributed by atoms with Crippen LogP contribution in [0.25, 0.3) is 0 Å². The van der Waals surface area contributed by atoms with Crippen molar-refractivity contribution in [3.05, 3.63) is 30.3 Å². The Balaban J connectivity index is 0.00000243. The van der Waals surface area contributed by atoms with Crippen LogP contribution in [0.2, 0.25) is 0 Å². The SMILES string of the molecule is COC(=O)[C@@]12COC[C@@H]1CN(C(=O)CCS(=O)(=O)c1ccccc1)C2.Cl. The smallest absolute Gasteiger partial charge is 0.316 e. The molecule has 2 fully saturated rings. The zero-order valence-corrected chi connectivity index (χ0v) is 16.1. The van der Waals surface area contributed by atoms with Gasteiger partial charge in [-0.3, -0.25) is 9.59 Å². The molecule has 2 saturated heterocycles. The molecule has 2 aliphatic heterocycles. The number of fused-ring (bicyclic) bond motifs is 1. The van der Waals surface area contributed by atoms with Crippen molar-refractivity contribution in [1.82, 2.24) is 4.90 Å². The van der Waals surface area contributed by atoms with Gasteiger partial charge in [0.1, 0.15) is 5.41 Å². The first-order chi connectivity index (χ1) is 11.9. The lowest BCUT2D eigenvalue weighted by Crippen LogP contribution is -2.41. The maximum atomic E-state index is 12.5. The fourth-order valence-corrected chi connectivity index (χ4v) is 4.79. The molecule has 1 aromatic rings. The van der Waals surface area contributed by atoms with E-state index in [1.807, 2.05) is 0 Å². The molecule has 2 heterocycles. The number of carbonyl (C=O) groups is 2. The number of carbonyl (C=O) groups excluding carboxylic acids is 2. The number of benzene rings is 1. The van der Waals surface area contributed by atoms with Gasteiger partial charge in [-0.15, -0.1) is 12.4 Å². The summed E-state index contributed by atoms with van der Waals surface area (Å²) in [5.41, 5.74) is -0.817. The molecule has 0 aromatic heterocycles. The number of halogens is 1. The van der Waals surface area contributed by atoms with Gasteiger partial charge in [0.15, 0.2) is 9.84 Å². The monoisotopic (exact) mass is 403 g/mol. The molecule has 2 atom stereocenters. The van der Waals surface area contributed by atoms with E-state index in [2.05, 4.69) is 0 Å². The first kappa shape index (κ1) is 20.7. The molecule has 26 heavy (non-hydrogen) atoms. The van der Waals surface area contributed by atoms with E-state index < -0.39 is 15.3 Å². The van der Waals surface area contributed by atoms with E-state index in [1.165, 1.54) is 19.2 Å². The molecule has 0 spiro atoms. The molecule has 3 rings (SSSR count). The van der Waals surface area contributed by atoms with Gasteiger partial charge in [0.25, 0.3) is 0 Å². The number of amides is 1. The lowest BCUT2D eigenvalue weighted by molar-refractivity contribution is -0.153. The largest absolute Gasteiger partial charge is 0.468 e. The lowest BCUT2D eigenvalue weighted by Gasteiger charge is -2.23. The standard InChI is InChI=1S/C17H21NO6S.ClH/c1-23-16(20)17-11-18(9-13(17)10-24-12-17)15(19)7-8-25(21,22)14-5-3-2-4-6-14;/h2-6,13H,7-12H2,1H3;1H/t13-,17-;/m0./s1. The highest BCUT2D eigenvalue weighted by molar-refractivity contribution is 7.91. The highest BCUT2D eigenvalue weighted by atomic mass is 35.5. The molecule has 2 aliphatic rings. The Kier molecular flexibility index (Phi) is 6.31. The number of likely N-dealkylation sites (tertiary alicyclic amines) is 1. The van der Waals surface area contributed by atoms with E-state index in [4.69, 9.17) is 9.47 Å². The molecular weight excluding hydrogens is 382 g/mol. The number of rotatable bonds is 5. The van der Waals surface area contributed by atoms with E-state index in [9.17, 15) is 18.0 Å². The Morgan fingerprint density at radius 1 is 1.31 bits per heavy atom. The van der Waals surface area contributed by atoms with Crippen LogP contribution >= 0.6 is 12.4 Å². The van der Waals surface area contributed by atoms with Crippen molar-refractivity contribution in [3.63, 3.8) is 0 Å². The second-order valence-corrected chi connectivity index (χ2v) is 8.63. The average molecular weight is 404 g/mol. The molecular formula is C17H22ClNO6S. The van der Waals surface area contributed by atoms with Crippen LogP contribution in [0, 0.1) is 11.3 Å². The van der Waals surface area contributed by atoms with E-state index in [0.717, 1.165) is 0 Å². The van der Waals surface area contributed by atoms with Gasteiger partial charge in [-0.25, -0.2) is 8.42 Å². The van der Waals surface area contributed by atoms with Gasteiger partial charge in [0.05, 0.1) is 31.0 Å². The van der Waals surface area contributed by atoms with E-state index in [1.54, 1.807) is 23.1 Å². The Hall–Kier alpha value is -1.64. The summed E-state index contributed by atoms with van der Waals surface area (Å²) in [6, 6.07) is 8.07. The first-order valence-electron chi connectivity index (χ1n) is 8.11. The summed E-state index contributed by atoms with van der Waals surface area (Å²) in [6.45, 7) is 1.24. The number of esters is 1. The lowest BCUT2D eigenvalue weighted by atomic mass is 9.81. The third-order valence-corrected chi connectivity index (χ3v) is 6.74. The predicted octanol–water partition coefficient (Wildman–Crippen LogP) is 0.920. The topological polar surface area (TPSA) is 90.0 Å². The summed E-state index contributed by atoms with van der Waals surface area (Å²) in [5.74, 6) is -0.993. The Bertz CT molecular complexity index is 769. The van der Waals surface area contributed by atoms with Gasteiger partial charge in [-0.05, 0) is 12.1 Å². The third kappa shape index (κ3) is 3.72. The molecule has 1 amide bonds. The second kappa shape index (κ2) is 7.94. The fraction of sp³-hybridized carbons (Fsp3) is 0.529. The van der Waals surface area contributed by atoms with Crippen LogP contribution in [0.5, 0.6) is 0 Å². The molecule has 0 bridgehead atoms. The summed E-state index contributed by atoms with van der Waals surface area (Å²) >= 11 is 0. The van der Waals surface area contributed by atoms with Crippen LogP contribution in [0.4, 0.5) is 0 Å². The highest BCUT2D eigenvalue weighted by Gasteiger charge is 2.57. The molecule has 0 aliphatic carbocycles. The minimum atomic E-state index is -3.50. The molecule has 144 valence electrons. The minimum absolute atomic E-state index is 0. The molecule has 1 aromatic carbocycles. The van der Waals surface area contributed by atoms with Crippen LogP contribution in [0.1, 0.15) is 6.42 Å². The van der Waals surface area contributed by atoms with E-state index in [0.29, 0.717) is 13.2 Å². The number of hydrogen-bond acceptors (Lipinski definition) is 6. The quantitative estimate of drug-likeness (QED) is 0.679. The molecule has 0 unspecified atom stereocenters. The van der Waals surface area contributed by atoms with Crippen molar-refractivity contribution in [2.45, 2.75) is 11.3 Å². The van der Waals surface area contributed by atoms with Crippen LogP contribution < -0.4 is 0 Å². The fourth-order valence-electron chi connectivity index (χ4n) is 3.54. The maximum absolute atomic E-state index is 12.5. The third-order valence-electron chi connectivity index (χ3n) is 5.01. The minimum Gasteiger partial charge on any atom is -0.468 e. The molecule has 7 nitrogen and oxygen atoms in total. The van der Waals surface area contributed by atoms with Gasteiger partial charge in [0, 0.05) is 25.4 Å². The highest BCUT2D eigenvalue weighted by Crippen LogP contribution is 2.42. The average Bonchev–Trinajstić information content (AvgIpc) is 3.18. The van der Waals surface area contributed by atoms with Crippen molar-refractivity contribution in [1.29, 1.82) is 0 Å². The van der Waals surface area contributed by atoms with Crippen molar-refractivity contribution in [2.75, 3.05) is 39.2 Å². The summed E-state index contributed by atoms with van der Waals surface area (Å²) in [7, 11) is -2.18. The summed E-state index contributed by atoms with van der Waals surface area (Å²) < 4.78 is 34.9. The summed E-state index contributed by atoms with van der Waals surface area (Å²) in [6.07, 6.45) is -0.109. The number of ether oxygens (including phenoxy) is 2. The molecule has 0 saturated carbocycles. The van der Waals surface area contributed by atoms with Crippen LogP contribution in [-0.2, 0) is 28.9 Å². The van der Waals surface area contributed by atoms with Crippen molar-refractivity contribution in [2.24, 2.45) is 11.3 Å². The molecule has 9 heteroatoms. The Morgan fingerprint density at radius 2 is 2.00 bits per heavy atom. The normalized spacial score (nSPS) is 24.7. The zero-order chi connectivity index (χ0) is 18.1. The van der Waals surface area contributed by atoms with Gasteiger partial charge in [-0.1, -0.05) is 18.2 Å². The second-order valence-electron chi connectivity index (χ2n) is 6.52. The zero-order valence-electron chi connectivity index (χ0n) is 14.4.